The minimum Gasteiger partial charge on any atom is -0.453 e. The minimum atomic E-state index is 0.523. The topological polar surface area (TPSA) is 14.2 Å². The lowest BCUT2D eigenvalue weighted by Crippen LogP contribution is -2.03. The van der Waals surface area contributed by atoms with Crippen molar-refractivity contribution >= 4 is 21.8 Å². The Kier molecular flexibility index (Phi) is 2.44. The third-order valence-corrected chi connectivity index (χ3v) is 4.77. The number of rotatable bonds is 1. The Labute approximate surface area is 134 Å². The summed E-state index contributed by atoms with van der Waals surface area (Å²) in [6, 6.07) is 21.4. The lowest BCUT2D eigenvalue weighted by molar-refractivity contribution is 0.476. The first kappa shape index (κ1) is 12.8. The van der Waals surface area contributed by atoms with E-state index in [1.807, 2.05) is 12.1 Å². The second-order valence-corrected chi connectivity index (χ2v) is 6.49. The van der Waals surface area contributed by atoms with Crippen molar-refractivity contribution in [3.8, 4) is 17.2 Å². The van der Waals surface area contributed by atoms with Gasteiger partial charge in [0.05, 0.1) is 16.7 Å². The number of benzene rings is 3. The number of hydrogen-bond acceptors (Lipinski definition) is 1. The van der Waals surface area contributed by atoms with Crippen LogP contribution >= 0.6 is 0 Å². The SMILES string of the molecule is CC(C)c1ccc2c(c1)c1cccc3c1n2-c1ccccc1O3. The fraction of sp³-hybridized carbons (Fsp3) is 0.143. The Bertz CT molecular complexity index is 1070. The third-order valence-electron chi connectivity index (χ3n) is 4.77. The third kappa shape index (κ3) is 1.63. The fourth-order valence-corrected chi connectivity index (χ4v) is 3.59. The molecule has 23 heavy (non-hydrogen) atoms. The summed E-state index contributed by atoms with van der Waals surface area (Å²) in [5.41, 5.74) is 4.90. The van der Waals surface area contributed by atoms with E-state index in [0.29, 0.717) is 5.92 Å². The highest BCUT2D eigenvalue weighted by Crippen LogP contribution is 2.45. The average Bonchev–Trinajstić information content (AvgIpc) is 2.91. The standard InChI is InChI=1S/C21H17NO/c1-13(2)14-10-11-17-16(12-14)15-6-5-9-20-21(15)22(17)18-7-3-4-8-19(18)23-20/h3-13H,1-2H3. The van der Waals surface area contributed by atoms with Crippen molar-refractivity contribution in [3.63, 3.8) is 0 Å². The van der Waals surface area contributed by atoms with Crippen LogP contribution in [-0.2, 0) is 0 Å². The number of ether oxygens (including phenoxy) is 1. The van der Waals surface area contributed by atoms with Crippen molar-refractivity contribution in [2.75, 3.05) is 0 Å². The van der Waals surface area contributed by atoms with Gasteiger partial charge in [-0.1, -0.05) is 44.2 Å². The maximum atomic E-state index is 6.14. The number of para-hydroxylation sites is 3. The highest BCUT2D eigenvalue weighted by Gasteiger charge is 2.23. The van der Waals surface area contributed by atoms with Crippen LogP contribution in [0.3, 0.4) is 0 Å². The summed E-state index contributed by atoms with van der Waals surface area (Å²) in [5, 5.41) is 2.56. The predicted molar refractivity (Wildman–Crippen MR) is 94.9 cm³/mol. The Balaban J connectivity index is 2.00. The molecule has 2 heterocycles. The zero-order valence-electron chi connectivity index (χ0n) is 13.2. The summed E-state index contributed by atoms with van der Waals surface area (Å²) < 4.78 is 8.47. The maximum Gasteiger partial charge on any atom is 0.152 e. The van der Waals surface area contributed by atoms with Crippen LogP contribution in [0.4, 0.5) is 0 Å². The highest BCUT2D eigenvalue weighted by molar-refractivity contribution is 6.12. The number of aromatic nitrogens is 1. The molecule has 0 unspecified atom stereocenters. The van der Waals surface area contributed by atoms with Crippen molar-refractivity contribution in [3.05, 3.63) is 66.2 Å². The Morgan fingerprint density at radius 3 is 2.52 bits per heavy atom. The van der Waals surface area contributed by atoms with Crippen molar-refractivity contribution in [2.45, 2.75) is 19.8 Å². The van der Waals surface area contributed by atoms with E-state index in [-0.39, 0.29) is 0 Å². The molecule has 0 radical (unpaired) electrons. The van der Waals surface area contributed by atoms with E-state index in [9.17, 15) is 0 Å². The summed E-state index contributed by atoms with van der Waals surface area (Å²) in [6.07, 6.45) is 0. The van der Waals surface area contributed by atoms with Crippen molar-refractivity contribution in [2.24, 2.45) is 0 Å². The van der Waals surface area contributed by atoms with E-state index in [1.165, 1.54) is 27.4 Å². The number of fused-ring (bicyclic) bond motifs is 5. The lowest BCUT2D eigenvalue weighted by Gasteiger charge is -2.20. The first-order valence-electron chi connectivity index (χ1n) is 8.08. The minimum absolute atomic E-state index is 0.523. The van der Waals surface area contributed by atoms with Gasteiger partial charge in [-0.3, -0.25) is 0 Å². The van der Waals surface area contributed by atoms with Crippen LogP contribution in [0, 0.1) is 0 Å². The molecule has 0 atom stereocenters. The Morgan fingerprint density at radius 1 is 0.826 bits per heavy atom. The second-order valence-electron chi connectivity index (χ2n) is 6.49. The Hall–Kier alpha value is -2.74. The fourth-order valence-electron chi connectivity index (χ4n) is 3.59. The van der Waals surface area contributed by atoms with Crippen LogP contribution in [0.1, 0.15) is 25.3 Å². The van der Waals surface area contributed by atoms with Gasteiger partial charge in [0.2, 0.25) is 0 Å². The summed E-state index contributed by atoms with van der Waals surface area (Å²) in [5.74, 6) is 2.37. The van der Waals surface area contributed by atoms with Gasteiger partial charge in [0.15, 0.2) is 11.5 Å². The van der Waals surface area contributed by atoms with Gasteiger partial charge in [0, 0.05) is 10.8 Å². The molecule has 0 fully saturated rings. The molecule has 4 aromatic rings. The van der Waals surface area contributed by atoms with Gasteiger partial charge in [-0.25, -0.2) is 0 Å². The van der Waals surface area contributed by atoms with Gasteiger partial charge in [0.25, 0.3) is 0 Å². The molecule has 0 bridgehead atoms. The van der Waals surface area contributed by atoms with E-state index >= 15 is 0 Å². The van der Waals surface area contributed by atoms with Gasteiger partial charge in [-0.15, -0.1) is 0 Å². The Morgan fingerprint density at radius 2 is 1.65 bits per heavy atom. The molecule has 0 saturated heterocycles. The molecule has 3 aromatic carbocycles. The van der Waals surface area contributed by atoms with E-state index in [2.05, 4.69) is 66.9 Å². The van der Waals surface area contributed by atoms with Crippen LogP contribution in [0.2, 0.25) is 0 Å². The quantitative estimate of drug-likeness (QED) is 0.369. The number of hydrogen-bond donors (Lipinski definition) is 0. The van der Waals surface area contributed by atoms with Crippen LogP contribution in [0.25, 0.3) is 27.5 Å². The molecule has 0 saturated carbocycles. The molecule has 0 spiro atoms. The summed E-state index contributed by atoms with van der Waals surface area (Å²) in [4.78, 5) is 0. The van der Waals surface area contributed by atoms with E-state index in [1.54, 1.807) is 0 Å². The molecule has 2 heteroatoms. The second kappa shape index (κ2) is 4.39. The van der Waals surface area contributed by atoms with Crippen LogP contribution < -0.4 is 4.74 Å². The van der Waals surface area contributed by atoms with E-state index in [4.69, 9.17) is 4.74 Å². The molecule has 1 aromatic heterocycles. The zero-order valence-corrected chi connectivity index (χ0v) is 13.2. The molecule has 1 aliphatic rings. The van der Waals surface area contributed by atoms with Gasteiger partial charge in [0.1, 0.15) is 0 Å². The van der Waals surface area contributed by atoms with Crippen molar-refractivity contribution < 1.29 is 4.74 Å². The van der Waals surface area contributed by atoms with E-state index < -0.39 is 0 Å². The van der Waals surface area contributed by atoms with Crippen LogP contribution in [-0.4, -0.2) is 4.57 Å². The van der Waals surface area contributed by atoms with Crippen molar-refractivity contribution in [1.29, 1.82) is 0 Å². The first-order chi connectivity index (χ1) is 11.2. The average molecular weight is 299 g/mol. The molecule has 1 aliphatic heterocycles. The molecule has 0 amide bonds. The zero-order chi connectivity index (χ0) is 15.6. The molecule has 0 N–H and O–H groups in total. The van der Waals surface area contributed by atoms with Gasteiger partial charge in [-0.05, 0) is 41.8 Å². The monoisotopic (exact) mass is 299 g/mol. The highest BCUT2D eigenvalue weighted by atomic mass is 16.5. The molecule has 2 nitrogen and oxygen atoms in total. The summed E-state index contributed by atoms with van der Waals surface area (Å²) in [6.45, 7) is 4.48. The van der Waals surface area contributed by atoms with Crippen LogP contribution in [0.5, 0.6) is 11.5 Å². The van der Waals surface area contributed by atoms with Crippen molar-refractivity contribution in [1.82, 2.24) is 4.57 Å². The predicted octanol–water partition coefficient (Wildman–Crippen LogP) is 6.01. The molecule has 5 rings (SSSR count). The van der Waals surface area contributed by atoms with Gasteiger partial charge < -0.3 is 9.30 Å². The summed E-state index contributed by atoms with van der Waals surface area (Å²) >= 11 is 0. The molecular weight excluding hydrogens is 282 g/mol. The van der Waals surface area contributed by atoms with E-state index in [0.717, 1.165) is 17.2 Å². The first-order valence-corrected chi connectivity index (χ1v) is 8.08. The van der Waals surface area contributed by atoms with Gasteiger partial charge in [-0.2, -0.15) is 0 Å². The van der Waals surface area contributed by atoms with Crippen LogP contribution in [0.15, 0.2) is 60.7 Å². The van der Waals surface area contributed by atoms with Gasteiger partial charge >= 0.3 is 0 Å². The maximum absolute atomic E-state index is 6.14. The largest absolute Gasteiger partial charge is 0.453 e. The normalized spacial score (nSPS) is 12.7. The summed E-state index contributed by atoms with van der Waals surface area (Å²) in [7, 11) is 0. The molecule has 112 valence electrons. The number of nitrogens with zero attached hydrogens (tertiary/aromatic N) is 1. The lowest BCUT2D eigenvalue weighted by atomic mass is 10.0. The molecular formula is C21H17NO. The smallest absolute Gasteiger partial charge is 0.152 e. The molecule has 0 aliphatic carbocycles.